The van der Waals surface area contributed by atoms with Crippen LogP contribution in [0.25, 0.3) is 0 Å². The Hall–Kier alpha value is 0.0938. The summed E-state index contributed by atoms with van der Waals surface area (Å²) in [5.41, 5.74) is 3.55. The molecule has 0 amide bonds. The van der Waals surface area contributed by atoms with Crippen molar-refractivity contribution >= 4 is 16.6 Å². The molecule has 4 heteroatoms. The summed E-state index contributed by atoms with van der Waals surface area (Å²) in [4.78, 5) is 18.7. The molecule has 60 valence electrons. The summed E-state index contributed by atoms with van der Waals surface area (Å²) in [5, 5.41) is 0. The predicted octanol–water partition coefficient (Wildman–Crippen LogP) is 1.02. The fraction of sp³-hybridized carbons (Fsp3) is 0.667. The Balaban J connectivity index is 4.01. The smallest absolute Gasteiger partial charge is 0.206 e. The lowest BCUT2D eigenvalue weighted by Gasteiger charge is -2.11. The maximum atomic E-state index is 9.34. The van der Waals surface area contributed by atoms with Gasteiger partial charge >= 0.3 is 0 Å². The van der Waals surface area contributed by atoms with E-state index < -0.39 is 16.6 Å². The van der Waals surface area contributed by atoms with E-state index in [9.17, 15) is 9.59 Å². The first kappa shape index (κ1) is 10.1. The Morgan fingerprint density at radius 3 is 1.10 bits per heavy atom. The van der Waals surface area contributed by atoms with Crippen molar-refractivity contribution in [3.05, 3.63) is 11.4 Å². The third kappa shape index (κ3) is 8.09. The summed E-state index contributed by atoms with van der Waals surface area (Å²) in [6.07, 6.45) is 0. The molecule has 0 aromatic rings. The number of hydrogen-bond acceptors (Lipinski definition) is 2. The maximum absolute atomic E-state index is 9.34. The number of rotatable bonds is 2. The van der Waals surface area contributed by atoms with E-state index in [1.54, 1.807) is 11.4 Å². The Kier molecular flexibility index (Phi) is 3.03. The topological polar surface area (TPSA) is 40.5 Å². The minimum atomic E-state index is -2.07. The van der Waals surface area contributed by atoms with E-state index in [1.165, 1.54) is 0 Å². The molecule has 0 aliphatic carbocycles. The van der Waals surface area contributed by atoms with Crippen molar-refractivity contribution in [3.63, 3.8) is 0 Å². The standard InChI is InChI=1S/C6H16O2Si2/c1-9(2,7)5-6-10(3,4)8/h5-8H,1-4H3. The van der Waals surface area contributed by atoms with Gasteiger partial charge in [0, 0.05) is 0 Å². The fourth-order valence-corrected chi connectivity index (χ4v) is 3.67. The van der Waals surface area contributed by atoms with Gasteiger partial charge in [-0.3, -0.25) is 0 Å². The van der Waals surface area contributed by atoms with Gasteiger partial charge in [0.25, 0.3) is 0 Å². The van der Waals surface area contributed by atoms with Crippen LogP contribution in [0.2, 0.25) is 26.2 Å². The fourth-order valence-electron chi connectivity index (χ4n) is 0.408. The van der Waals surface area contributed by atoms with Crippen molar-refractivity contribution in [3.8, 4) is 0 Å². The van der Waals surface area contributed by atoms with E-state index in [-0.39, 0.29) is 0 Å². The molecule has 0 saturated heterocycles. The van der Waals surface area contributed by atoms with E-state index in [1.807, 2.05) is 26.2 Å². The summed E-state index contributed by atoms with van der Waals surface area (Å²) < 4.78 is 0. The number of hydrogen-bond donors (Lipinski definition) is 2. The first-order chi connectivity index (χ1) is 4.21. The van der Waals surface area contributed by atoms with Crippen LogP contribution in [0, 0.1) is 0 Å². The van der Waals surface area contributed by atoms with E-state index in [0.29, 0.717) is 0 Å². The van der Waals surface area contributed by atoms with Crippen LogP contribution in [0.4, 0.5) is 0 Å². The average molecular weight is 176 g/mol. The van der Waals surface area contributed by atoms with Crippen molar-refractivity contribution in [1.29, 1.82) is 0 Å². The quantitative estimate of drug-likeness (QED) is 0.617. The first-order valence-corrected chi connectivity index (χ1v) is 9.41. The first-order valence-electron chi connectivity index (χ1n) is 3.36. The van der Waals surface area contributed by atoms with Gasteiger partial charge in [-0.15, -0.1) is 0 Å². The molecule has 0 aliphatic rings. The zero-order valence-corrected chi connectivity index (χ0v) is 9.05. The van der Waals surface area contributed by atoms with Gasteiger partial charge in [0.2, 0.25) is 16.6 Å². The minimum Gasteiger partial charge on any atom is -0.428 e. The molecule has 0 atom stereocenters. The van der Waals surface area contributed by atoms with Crippen LogP contribution in [0.15, 0.2) is 11.4 Å². The van der Waals surface area contributed by atoms with Crippen LogP contribution in [0.3, 0.4) is 0 Å². The molecule has 0 aromatic heterocycles. The highest BCUT2D eigenvalue weighted by Gasteiger charge is 2.16. The van der Waals surface area contributed by atoms with E-state index in [4.69, 9.17) is 0 Å². The molecule has 10 heavy (non-hydrogen) atoms. The Morgan fingerprint density at radius 2 is 1.00 bits per heavy atom. The predicted molar refractivity (Wildman–Crippen MR) is 48.5 cm³/mol. The third-order valence-electron chi connectivity index (χ3n) is 0.899. The molecule has 0 radical (unpaired) electrons. The van der Waals surface area contributed by atoms with Crippen molar-refractivity contribution in [2.24, 2.45) is 0 Å². The highest BCUT2D eigenvalue weighted by atomic mass is 28.4. The Bertz CT molecular complexity index is 114. The molecule has 0 spiro atoms. The largest absolute Gasteiger partial charge is 0.428 e. The lowest BCUT2D eigenvalue weighted by molar-refractivity contribution is 0.561. The van der Waals surface area contributed by atoms with E-state index >= 15 is 0 Å². The Labute approximate surface area is 64.5 Å². The van der Waals surface area contributed by atoms with E-state index in [0.717, 1.165) is 0 Å². The summed E-state index contributed by atoms with van der Waals surface area (Å²) in [7, 11) is -4.15. The molecule has 0 rings (SSSR count). The van der Waals surface area contributed by atoms with Gasteiger partial charge in [0.1, 0.15) is 0 Å². The highest BCUT2D eigenvalue weighted by molar-refractivity contribution is 6.80. The van der Waals surface area contributed by atoms with Crippen LogP contribution >= 0.6 is 0 Å². The lowest BCUT2D eigenvalue weighted by atomic mass is 11.2. The molecule has 0 bridgehead atoms. The molecule has 0 saturated carbocycles. The van der Waals surface area contributed by atoms with Gasteiger partial charge in [0.05, 0.1) is 0 Å². The van der Waals surface area contributed by atoms with Crippen molar-refractivity contribution in [2.75, 3.05) is 0 Å². The summed E-state index contributed by atoms with van der Waals surface area (Å²) in [5.74, 6) is 0. The van der Waals surface area contributed by atoms with Crippen LogP contribution in [0.1, 0.15) is 0 Å². The van der Waals surface area contributed by atoms with Crippen LogP contribution in [-0.4, -0.2) is 26.2 Å². The average Bonchev–Trinajstić information content (AvgIpc) is 1.57. The van der Waals surface area contributed by atoms with Gasteiger partial charge in [-0.2, -0.15) is 0 Å². The van der Waals surface area contributed by atoms with Gasteiger partial charge in [0.15, 0.2) is 0 Å². The molecule has 0 aromatic carbocycles. The van der Waals surface area contributed by atoms with Crippen molar-refractivity contribution in [1.82, 2.24) is 0 Å². The third-order valence-corrected chi connectivity index (χ3v) is 3.20. The zero-order valence-electron chi connectivity index (χ0n) is 7.05. The second-order valence-electron chi connectivity index (χ2n) is 3.64. The van der Waals surface area contributed by atoms with Gasteiger partial charge < -0.3 is 9.59 Å². The second kappa shape index (κ2) is 3.00. The molecule has 2 nitrogen and oxygen atoms in total. The molecular weight excluding hydrogens is 160 g/mol. The zero-order chi connectivity index (χ0) is 8.41. The highest BCUT2D eigenvalue weighted by Crippen LogP contribution is 2.03. The Morgan fingerprint density at radius 1 is 0.800 bits per heavy atom. The SMILES string of the molecule is C[Si](C)(O)C=C[Si](C)(C)O. The van der Waals surface area contributed by atoms with Gasteiger partial charge in [-0.25, -0.2) is 0 Å². The second-order valence-corrected chi connectivity index (χ2v) is 10.9. The molecule has 0 unspecified atom stereocenters. The van der Waals surface area contributed by atoms with E-state index in [2.05, 4.69) is 0 Å². The molecule has 0 heterocycles. The van der Waals surface area contributed by atoms with Crippen molar-refractivity contribution < 1.29 is 9.59 Å². The van der Waals surface area contributed by atoms with Crippen LogP contribution in [-0.2, 0) is 0 Å². The van der Waals surface area contributed by atoms with Crippen molar-refractivity contribution in [2.45, 2.75) is 26.2 Å². The van der Waals surface area contributed by atoms with Gasteiger partial charge in [-0.05, 0) is 26.2 Å². The van der Waals surface area contributed by atoms with Crippen LogP contribution in [0.5, 0.6) is 0 Å². The minimum absolute atomic E-state index is 1.78. The lowest BCUT2D eigenvalue weighted by Crippen LogP contribution is -2.27. The molecule has 2 N–H and O–H groups in total. The monoisotopic (exact) mass is 176 g/mol. The molecular formula is C6H16O2Si2. The normalized spacial score (nSPS) is 14.6. The molecule has 0 aliphatic heterocycles. The summed E-state index contributed by atoms with van der Waals surface area (Å²) in [6, 6.07) is 0. The van der Waals surface area contributed by atoms with Gasteiger partial charge in [-0.1, -0.05) is 11.4 Å². The maximum Gasteiger partial charge on any atom is 0.206 e. The molecule has 0 fully saturated rings. The van der Waals surface area contributed by atoms with Crippen LogP contribution < -0.4 is 0 Å². The summed E-state index contributed by atoms with van der Waals surface area (Å²) >= 11 is 0. The summed E-state index contributed by atoms with van der Waals surface area (Å²) in [6.45, 7) is 7.29.